The highest BCUT2D eigenvalue weighted by molar-refractivity contribution is 9.10. The lowest BCUT2D eigenvalue weighted by Crippen LogP contribution is -2.01. The minimum Gasteiger partial charge on any atom is -0.478 e. The summed E-state index contributed by atoms with van der Waals surface area (Å²) in [6.45, 7) is 4.22. The second-order valence-electron chi connectivity index (χ2n) is 2.67. The van der Waals surface area contributed by atoms with Gasteiger partial charge in [-0.2, -0.15) is 0 Å². The molecule has 0 saturated carbocycles. The lowest BCUT2D eigenvalue weighted by Gasteiger charge is -2.06. The maximum Gasteiger partial charge on any atom is 0.335 e. The van der Waals surface area contributed by atoms with Crippen LogP contribution in [0.25, 0.3) is 0 Å². The standard InChI is InChI=1S/C10H10BrNO2/c1-2-5-12-9-4-3-7(10(13)14)6-8(9)11/h2-4,6,12H,1,5H2,(H,13,14). The summed E-state index contributed by atoms with van der Waals surface area (Å²) in [6.07, 6.45) is 1.73. The third kappa shape index (κ3) is 2.60. The summed E-state index contributed by atoms with van der Waals surface area (Å²) >= 11 is 3.29. The summed E-state index contributed by atoms with van der Waals surface area (Å²) in [6, 6.07) is 4.84. The Morgan fingerprint density at radius 1 is 1.64 bits per heavy atom. The van der Waals surface area contributed by atoms with Crippen LogP contribution in [0, 0.1) is 0 Å². The number of benzene rings is 1. The Morgan fingerprint density at radius 2 is 2.36 bits per heavy atom. The Morgan fingerprint density at radius 3 is 2.86 bits per heavy atom. The molecule has 1 aromatic carbocycles. The van der Waals surface area contributed by atoms with Crippen LogP contribution in [0.4, 0.5) is 5.69 Å². The largest absolute Gasteiger partial charge is 0.478 e. The van der Waals surface area contributed by atoms with E-state index >= 15 is 0 Å². The molecule has 0 bridgehead atoms. The van der Waals surface area contributed by atoms with Crippen molar-refractivity contribution >= 4 is 27.6 Å². The van der Waals surface area contributed by atoms with Crippen molar-refractivity contribution in [3.05, 3.63) is 40.9 Å². The molecule has 0 saturated heterocycles. The van der Waals surface area contributed by atoms with Crippen LogP contribution in [-0.4, -0.2) is 17.6 Å². The van der Waals surface area contributed by atoms with Gasteiger partial charge in [-0.3, -0.25) is 0 Å². The summed E-state index contributed by atoms with van der Waals surface area (Å²) in [4.78, 5) is 10.6. The van der Waals surface area contributed by atoms with Gasteiger partial charge in [-0.1, -0.05) is 6.08 Å². The number of hydrogen-bond acceptors (Lipinski definition) is 2. The summed E-state index contributed by atoms with van der Waals surface area (Å²) < 4.78 is 0.735. The Bertz CT molecular complexity index is 363. The molecule has 3 nitrogen and oxygen atoms in total. The van der Waals surface area contributed by atoms with Crippen LogP contribution in [0.3, 0.4) is 0 Å². The molecule has 14 heavy (non-hydrogen) atoms. The number of carbonyl (C=O) groups is 1. The van der Waals surface area contributed by atoms with Crippen LogP contribution in [0.2, 0.25) is 0 Å². The van der Waals surface area contributed by atoms with E-state index < -0.39 is 5.97 Å². The Balaban J connectivity index is 2.89. The number of hydrogen-bond donors (Lipinski definition) is 2. The van der Waals surface area contributed by atoms with Gasteiger partial charge in [0, 0.05) is 16.7 Å². The number of carboxylic acids is 1. The molecule has 0 aliphatic rings. The van der Waals surface area contributed by atoms with E-state index in [4.69, 9.17) is 5.11 Å². The molecule has 0 radical (unpaired) electrons. The van der Waals surface area contributed by atoms with Gasteiger partial charge in [-0.15, -0.1) is 6.58 Å². The molecule has 0 spiro atoms. The normalized spacial score (nSPS) is 9.50. The van der Waals surface area contributed by atoms with Crippen LogP contribution < -0.4 is 5.32 Å². The molecule has 0 amide bonds. The second-order valence-corrected chi connectivity index (χ2v) is 3.52. The number of nitrogens with one attached hydrogen (secondary N) is 1. The Labute approximate surface area is 90.6 Å². The molecular weight excluding hydrogens is 246 g/mol. The van der Waals surface area contributed by atoms with Crippen molar-refractivity contribution < 1.29 is 9.90 Å². The molecular formula is C10H10BrNO2. The van der Waals surface area contributed by atoms with Crippen molar-refractivity contribution in [3.8, 4) is 0 Å². The summed E-state index contributed by atoms with van der Waals surface area (Å²) in [5.74, 6) is -0.930. The van der Waals surface area contributed by atoms with E-state index in [1.807, 2.05) is 0 Å². The molecule has 4 heteroatoms. The fourth-order valence-corrected chi connectivity index (χ4v) is 1.49. The quantitative estimate of drug-likeness (QED) is 0.814. The first-order valence-electron chi connectivity index (χ1n) is 4.02. The maximum absolute atomic E-state index is 10.6. The third-order valence-corrected chi connectivity index (χ3v) is 2.31. The topological polar surface area (TPSA) is 49.3 Å². The first-order valence-corrected chi connectivity index (χ1v) is 4.82. The highest BCUT2D eigenvalue weighted by Crippen LogP contribution is 2.23. The van der Waals surface area contributed by atoms with Crippen molar-refractivity contribution in [2.45, 2.75) is 0 Å². The van der Waals surface area contributed by atoms with E-state index in [0.29, 0.717) is 6.54 Å². The number of rotatable bonds is 4. The lowest BCUT2D eigenvalue weighted by atomic mass is 10.2. The lowest BCUT2D eigenvalue weighted by molar-refractivity contribution is 0.0697. The second kappa shape index (κ2) is 4.81. The minimum absolute atomic E-state index is 0.265. The summed E-state index contributed by atoms with van der Waals surface area (Å²) in [5, 5.41) is 11.8. The number of carboxylic acid groups (broad SMARTS) is 1. The van der Waals surface area contributed by atoms with E-state index in [2.05, 4.69) is 27.8 Å². The molecule has 1 aromatic rings. The van der Waals surface area contributed by atoms with Crippen LogP contribution >= 0.6 is 15.9 Å². The van der Waals surface area contributed by atoms with Crippen molar-refractivity contribution in [2.75, 3.05) is 11.9 Å². The average molecular weight is 256 g/mol. The SMILES string of the molecule is C=CCNc1ccc(C(=O)O)cc1Br. The van der Waals surface area contributed by atoms with Crippen molar-refractivity contribution in [1.82, 2.24) is 0 Å². The highest BCUT2D eigenvalue weighted by Gasteiger charge is 2.05. The van der Waals surface area contributed by atoms with Crippen molar-refractivity contribution in [1.29, 1.82) is 0 Å². The van der Waals surface area contributed by atoms with E-state index in [1.54, 1.807) is 24.3 Å². The van der Waals surface area contributed by atoms with Gasteiger partial charge in [0.2, 0.25) is 0 Å². The van der Waals surface area contributed by atoms with Gasteiger partial charge in [-0.25, -0.2) is 4.79 Å². The predicted molar refractivity (Wildman–Crippen MR) is 59.8 cm³/mol. The molecule has 0 unspecified atom stereocenters. The first kappa shape index (κ1) is 10.8. The van der Waals surface area contributed by atoms with Gasteiger partial charge in [0.05, 0.1) is 5.56 Å². The molecule has 0 aromatic heterocycles. The minimum atomic E-state index is -0.930. The summed E-state index contributed by atoms with van der Waals surface area (Å²) in [5.41, 5.74) is 1.12. The zero-order valence-corrected chi connectivity index (χ0v) is 9.04. The number of halogens is 1. The molecule has 0 heterocycles. The van der Waals surface area contributed by atoms with Gasteiger partial charge in [-0.05, 0) is 34.1 Å². The van der Waals surface area contributed by atoms with Crippen LogP contribution in [0.1, 0.15) is 10.4 Å². The molecule has 0 aliphatic carbocycles. The highest BCUT2D eigenvalue weighted by atomic mass is 79.9. The Kier molecular flexibility index (Phi) is 3.71. The fourth-order valence-electron chi connectivity index (χ4n) is 0.974. The number of anilines is 1. The summed E-state index contributed by atoms with van der Waals surface area (Å²) in [7, 11) is 0. The molecule has 0 aliphatic heterocycles. The van der Waals surface area contributed by atoms with Crippen molar-refractivity contribution in [3.63, 3.8) is 0 Å². The monoisotopic (exact) mass is 255 g/mol. The zero-order valence-electron chi connectivity index (χ0n) is 7.46. The smallest absolute Gasteiger partial charge is 0.335 e. The zero-order chi connectivity index (χ0) is 10.6. The van der Waals surface area contributed by atoms with Crippen LogP contribution in [-0.2, 0) is 0 Å². The van der Waals surface area contributed by atoms with E-state index in [0.717, 1.165) is 10.2 Å². The molecule has 74 valence electrons. The van der Waals surface area contributed by atoms with E-state index in [-0.39, 0.29) is 5.56 Å². The van der Waals surface area contributed by atoms with Gasteiger partial charge in [0.15, 0.2) is 0 Å². The van der Waals surface area contributed by atoms with Gasteiger partial charge in [0.1, 0.15) is 0 Å². The maximum atomic E-state index is 10.6. The van der Waals surface area contributed by atoms with Gasteiger partial charge in [0.25, 0.3) is 0 Å². The van der Waals surface area contributed by atoms with Gasteiger partial charge >= 0.3 is 5.97 Å². The average Bonchev–Trinajstić information content (AvgIpc) is 2.15. The number of aromatic carboxylic acids is 1. The Hall–Kier alpha value is -1.29. The van der Waals surface area contributed by atoms with Crippen molar-refractivity contribution in [2.24, 2.45) is 0 Å². The van der Waals surface area contributed by atoms with E-state index in [1.165, 1.54) is 0 Å². The fraction of sp³-hybridized carbons (Fsp3) is 0.100. The van der Waals surface area contributed by atoms with Crippen LogP contribution in [0.5, 0.6) is 0 Å². The first-order chi connectivity index (χ1) is 6.65. The molecule has 1 rings (SSSR count). The molecule has 0 fully saturated rings. The van der Waals surface area contributed by atoms with Gasteiger partial charge < -0.3 is 10.4 Å². The molecule has 0 atom stereocenters. The third-order valence-electron chi connectivity index (χ3n) is 1.65. The van der Waals surface area contributed by atoms with Crippen LogP contribution in [0.15, 0.2) is 35.3 Å². The van der Waals surface area contributed by atoms with E-state index in [9.17, 15) is 4.79 Å². The molecule has 2 N–H and O–H groups in total. The predicted octanol–water partition coefficient (Wildman–Crippen LogP) is 2.75.